The van der Waals surface area contributed by atoms with E-state index in [1.165, 1.54) is 10.1 Å². The Balaban J connectivity index is 1.22. The van der Waals surface area contributed by atoms with Crippen molar-refractivity contribution in [1.29, 1.82) is 0 Å². The van der Waals surface area contributed by atoms with Crippen LogP contribution in [0.3, 0.4) is 0 Å². The summed E-state index contributed by atoms with van der Waals surface area (Å²) in [6, 6.07) is 51.7. The number of nitrogens with zero attached hydrogens (tertiary/aromatic N) is 5. The number of fused-ring (bicyclic) bond motifs is 4. The quantitative estimate of drug-likeness (QED) is 0.192. The monoisotopic (exact) mass is 619 g/mol. The molecule has 0 radical (unpaired) electrons. The van der Waals surface area contributed by atoms with E-state index in [0.29, 0.717) is 17.5 Å². The van der Waals surface area contributed by atoms with Crippen LogP contribution in [0, 0.1) is 0 Å². The summed E-state index contributed by atoms with van der Waals surface area (Å²) < 4.78 is 1.23. The molecule has 4 heterocycles. The van der Waals surface area contributed by atoms with E-state index in [1.807, 2.05) is 72.8 Å². The highest BCUT2D eigenvalue weighted by Gasteiger charge is 2.17. The number of aromatic nitrogens is 5. The maximum atomic E-state index is 5.19. The number of thiophene rings is 1. The van der Waals surface area contributed by atoms with Gasteiger partial charge in [-0.3, -0.25) is 0 Å². The normalized spacial score (nSPS) is 11.4. The molecule has 0 unspecified atom stereocenters. The van der Waals surface area contributed by atoms with E-state index in [0.717, 1.165) is 60.3 Å². The fourth-order valence-electron chi connectivity index (χ4n) is 6.03. The van der Waals surface area contributed by atoms with Crippen molar-refractivity contribution in [3.63, 3.8) is 0 Å². The molecule has 0 aliphatic rings. The van der Waals surface area contributed by atoms with Crippen molar-refractivity contribution in [3.8, 4) is 56.7 Å². The lowest BCUT2D eigenvalue weighted by Crippen LogP contribution is -2.00. The molecule has 0 saturated heterocycles. The number of pyridine rings is 2. The lowest BCUT2D eigenvalue weighted by molar-refractivity contribution is 1.07. The largest absolute Gasteiger partial charge is 0.245 e. The van der Waals surface area contributed by atoms with Gasteiger partial charge < -0.3 is 0 Å². The van der Waals surface area contributed by atoms with Crippen molar-refractivity contribution in [2.24, 2.45) is 0 Å². The first kappa shape index (κ1) is 27.2. The smallest absolute Gasteiger partial charge is 0.164 e. The van der Waals surface area contributed by atoms with Gasteiger partial charge in [0.15, 0.2) is 17.5 Å². The minimum atomic E-state index is 0.611. The molecule has 0 saturated carbocycles. The summed E-state index contributed by atoms with van der Waals surface area (Å²) in [4.78, 5) is 26.2. The molecule has 4 aromatic heterocycles. The number of rotatable bonds is 5. The summed E-state index contributed by atoms with van der Waals surface area (Å²) in [5.41, 5.74) is 7.39. The summed E-state index contributed by atoms with van der Waals surface area (Å²) in [5.74, 6) is 1.88. The molecule has 0 fully saturated rings. The fraction of sp³-hybridized carbons (Fsp3) is 0. The van der Waals surface area contributed by atoms with Crippen LogP contribution in [0.5, 0.6) is 0 Å². The number of para-hydroxylation sites is 1. The second kappa shape index (κ2) is 11.4. The van der Waals surface area contributed by atoms with Crippen LogP contribution >= 0.6 is 11.3 Å². The van der Waals surface area contributed by atoms with Crippen molar-refractivity contribution in [2.45, 2.75) is 0 Å². The van der Waals surface area contributed by atoms with Crippen LogP contribution < -0.4 is 0 Å². The predicted octanol–water partition coefficient (Wildman–Crippen LogP) is 10.5. The van der Waals surface area contributed by atoms with Crippen LogP contribution in [0.25, 0.3) is 87.9 Å². The molecule has 0 N–H and O–H groups in total. The lowest BCUT2D eigenvalue weighted by atomic mass is 9.97. The average Bonchev–Trinajstić information content (AvgIpc) is 3.53. The van der Waals surface area contributed by atoms with Crippen LogP contribution in [0.15, 0.2) is 152 Å². The Morgan fingerprint density at radius 2 is 1.02 bits per heavy atom. The number of benzene rings is 5. The molecular formula is C41H25N5S. The molecule has 0 atom stereocenters. The summed E-state index contributed by atoms with van der Waals surface area (Å²) in [7, 11) is 0. The predicted molar refractivity (Wildman–Crippen MR) is 193 cm³/mol. The molecule has 0 bridgehead atoms. The van der Waals surface area contributed by atoms with Crippen LogP contribution in [-0.2, 0) is 0 Å². The van der Waals surface area contributed by atoms with E-state index < -0.39 is 0 Å². The van der Waals surface area contributed by atoms with Gasteiger partial charge in [-0.15, -0.1) is 11.3 Å². The highest BCUT2D eigenvalue weighted by atomic mass is 32.1. The first-order chi connectivity index (χ1) is 23.3. The van der Waals surface area contributed by atoms with Gasteiger partial charge in [-0.25, -0.2) is 24.9 Å². The van der Waals surface area contributed by atoms with Crippen molar-refractivity contribution >= 4 is 42.5 Å². The van der Waals surface area contributed by atoms with Gasteiger partial charge in [0.1, 0.15) is 4.83 Å². The van der Waals surface area contributed by atoms with Crippen LogP contribution in [0.4, 0.5) is 0 Å². The highest BCUT2D eigenvalue weighted by Crippen LogP contribution is 2.38. The Morgan fingerprint density at radius 1 is 0.404 bits per heavy atom. The maximum absolute atomic E-state index is 5.19. The Hall–Kier alpha value is -6.11. The third-order valence-electron chi connectivity index (χ3n) is 8.34. The van der Waals surface area contributed by atoms with Crippen molar-refractivity contribution in [2.75, 3.05) is 0 Å². The van der Waals surface area contributed by atoms with E-state index in [-0.39, 0.29) is 0 Å². The summed E-state index contributed by atoms with van der Waals surface area (Å²) >= 11 is 1.71. The van der Waals surface area contributed by atoms with Crippen LogP contribution in [0.2, 0.25) is 0 Å². The van der Waals surface area contributed by atoms with Gasteiger partial charge in [-0.2, -0.15) is 0 Å². The molecule has 5 aromatic carbocycles. The molecule has 9 rings (SSSR count). The number of hydrogen-bond acceptors (Lipinski definition) is 6. The molecule has 5 nitrogen and oxygen atoms in total. The standard InChI is InChI=1S/C41H25N5S/c1-3-12-26(13-4-1)38-44-39(27-14-5-2-6-15-27)46-40(45-38)30-18-11-17-28(24-30)33-25-29-16-7-9-20-34(29)42-37(33)35-23-22-32-31-19-8-10-21-36(31)47-41(32)43-35/h1-25H. The van der Waals surface area contributed by atoms with E-state index in [9.17, 15) is 0 Å². The van der Waals surface area contributed by atoms with Gasteiger partial charge in [0.05, 0.1) is 16.9 Å². The summed E-state index contributed by atoms with van der Waals surface area (Å²) in [5, 5.41) is 3.46. The summed E-state index contributed by atoms with van der Waals surface area (Å²) in [6.07, 6.45) is 0. The topological polar surface area (TPSA) is 64.5 Å². The van der Waals surface area contributed by atoms with Crippen molar-refractivity contribution < 1.29 is 0 Å². The molecular weight excluding hydrogens is 595 g/mol. The summed E-state index contributed by atoms with van der Waals surface area (Å²) in [6.45, 7) is 0. The Bertz CT molecular complexity index is 2520. The van der Waals surface area contributed by atoms with Crippen molar-refractivity contribution in [3.05, 3.63) is 152 Å². The minimum absolute atomic E-state index is 0.611. The van der Waals surface area contributed by atoms with Crippen molar-refractivity contribution in [1.82, 2.24) is 24.9 Å². The molecule has 9 aromatic rings. The highest BCUT2D eigenvalue weighted by molar-refractivity contribution is 7.25. The first-order valence-electron chi connectivity index (χ1n) is 15.4. The van der Waals surface area contributed by atoms with Gasteiger partial charge in [0.2, 0.25) is 0 Å². The SMILES string of the molecule is c1ccc(-c2nc(-c3ccccc3)nc(-c3cccc(-c4cc5ccccc5nc4-c4ccc5c(n4)sc4ccccc45)c3)n2)cc1. The zero-order valence-electron chi connectivity index (χ0n) is 25.1. The second-order valence-electron chi connectivity index (χ2n) is 11.3. The zero-order valence-corrected chi connectivity index (χ0v) is 25.9. The van der Waals surface area contributed by atoms with E-state index in [2.05, 4.69) is 78.9 Å². The molecule has 47 heavy (non-hydrogen) atoms. The van der Waals surface area contributed by atoms with Gasteiger partial charge in [0, 0.05) is 43.1 Å². The second-order valence-corrected chi connectivity index (χ2v) is 12.4. The van der Waals surface area contributed by atoms with Crippen LogP contribution in [0.1, 0.15) is 0 Å². The third-order valence-corrected chi connectivity index (χ3v) is 9.42. The lowest BCUT2D eigenvalue weighted by Gasteiger charge is -2.13. The van der Waals surface area contributed by atoms with Crippen LogP contribution in [-0.4, -0.2) is 24.9 Å². The van der Waals surface area contributed by atoms with E-state index in [1.54, 1.807) is 11.3 Å². The average molecular weight is 620 g/mol. The molecule has 0 amide bonds. The van der Waals surface area contributed by atoms with Gasteiger partial charge in [-0.1, -0.05) is 115 Å². The van der Waals surface area contributed by atoms with Gasteiger partial charge in [0.25, 0.3) is 0 Å². The molecule has 220 valence electrons. The third kappa shape index (κ3) is 5.01. The Morgan fingerprint density at radius 3 is 1.79 bits per heavy atom. The van der Waals surface area contributed by atoms with E-state index >= 15 is 0 Å². The fourth-order valence-corrected chi connectivity index (χ4v) is 7.11. The Labute approximate surface area is 275 Å². The van der Waals surface area contributed by atoms with E-state index in [4.69, 9.17) is 24.9 Å². The maximum Gasteiger partial charge on any atom is 0.164 e. The van der Waals surface area contributed by atoms with Gasteiger partial charge >= 0.3 is 0 Å². The Kier molecular flexibility index (Phi) is 6.58. The molecule has 0 aliphatic heterocycles. The molecule has 0 aliphatic carbocycles. The van der Waals surface area contributed by atoms with Gasteiger partial charge in [-0.05, 0) is 42.0 Å². The molecule has 6 heteroatoms. The molecule has 0 spiro atoms. The first-order valence-corrected chi connectivity index (χ1v) is 16.2. The zero-order chi connectivity index (χ0) is 31.2. The number of hydrogen-bond donors (Lipinski definition) is 0. The minimum Gasteiger partial charge on any atom is -0.245 e.